The molecule has 2 heteroatoms. The monoisotopic (exact) mass is 311 g/mol. The van der Waals surface area contributed by atoms with Gasteiger partial charge in [0, 0.05) is 28.6 Å². The Morgan fingerprint density at radius 3 is 2.45 bits per heavy atom. The van der Waals surface area contributed by atoms with Gasteiger partial charge in [-0.15, -0.1) is 0 Å². The predicted molar refractivity (Wildman–Crippen MR) is 94.3 cm³/mol. The highest BCUT2D eigenvalue weighted by Crippen LogP contribution is 2.46. The highest BCUT2D eigenvalue weighted by Gasteiger charge is 2.53. The van der Waals surface area contributed by atoms with Crippen molar-refractivity contribution in [3.8, 4) is 0 Å². The fraction of sp³-hybridized carbons (Fsp3) is 0.400. The predicted octanol–water partition coefficient (Wildman–Crippen LogP) is 4.65. The number of hydrogen-bond donors (Lipinski definition) is 0. The second-order valence-corrected chi connectivity index (χ2v) is 8.92. The molecule has 1 nitrogen and oxygen atoms in total. The van der Waals surface area contributed by atoms with Crippen LogP contribution < -0.4 is 0 Å². The summed E-state index contributed by atoms with van der Waals surface area (Å²) < 4.78 is 6.00. The number of hydrogen-bond acceptors (Lipinski definition) is 1. The lowest BCUT2D eigenvalue weighted by Crippen LogP contribution is -2.11. The van der Waals surface area contributed by atoms with Crippen LogP contribution in [0.25, 0.3) is 0 Å². The zero-order valence-electron chi connectivity index (χ0n) is 13.1. The van der Waals surface area contributed by atoms with Crippen molar-refractivity contribution in [1.82, 2.24) is 0 Å². The standard InChI is InChI=1S/C20H23OS/c1-15-14-22(15)20(16-8-3-2-4-9-16)18-11-6-5-10-17(18)19-12-7-13-21-19/h2-6,8-11,15,19-20H,7,12-14H2,1H3/q+1. The van der Waals surface area contributed by atoms with Crippen molar-refractivity contribution in [2.24, 2.45) is 0 Å². The van der Waals surface area contributed by atoms with E-state index in [0.717, 1.165) is 11.9 Å². The van der Waals surface area contributed by atoms with Crippen LogP contribution in [0.5, 0.6) is 0 Å². The minimum Gasteiger partial charge on any atom is -0.374 e. The first-order chi connectivity index (χ1) is 10.8. The third-order valence-electron chi connectivity index (χ3n) is 4.79. The summed E-state index contributed by atoms with van der Waals surface area (Å²) in [5.74, 6) is 1.37. The molecule has 0 radical (unpaired) electrons. The van der Waals surface area contributed by atoms with Crippen molar-refractivity contribution in [1.29, 1.82) is 0 Å². The third kappa shape index (κ3) is 2.70. The summed E-state index contributed by atoms with van der Waals surface area (Å²) in [5.41, 5.74) is 4.41. The van der Waals surface area contributed by atoms with Gasteiger partial charge in [-0.3, -0.25) is 0 Å². The summed E-state index contributed by atoms with van der Waals surface area (Å²) in [6, 6.07) is 20.1. The summed E-state index contributed by atoms with van der Waals surface area (Å²) in [5, 5.41) is 1.42. The quantitative estimate of drug-likeness (QED) is 0.590. The van der Waals surface area contributed by atoms with E-state index in [1.54, 1.807) is 0 Å². The van der Waals surface area contributed by atoms with Gasteiger partial charge in [-0.05, 0) is 25.3 Å². The fourth-order valence-electron chi connectivity index (χ4n) is 3.57. The van der Waals surface area contributed by atoms with Gasteiger partial charge in [-0.1, -0.05) is 54.6 Å². The Bertz CT molecular complexity index is 633. The van der Waals surface area contributed by atoms with Gasteiger partial charge >= 0.3 is 0 Å². The minimum absolute atomic E-state index is 0.307. The van der Waals surface area contributed by atoms with Gasteiger partial charge in [-0.25, -0.2) is 0 Å². The lowest BCUT2D eigenvalue weighted by atomic mass is 9.95. The maximum atomic E-state index is 6.00. The second-order valence-electron chi connectivity index (χ2n) is 6.37. The van der Waals surface area contributed by atoms with Crippen LogP contribution >= 0.6 is 0 Å². The van der Waals surface area contributed by atoms with E-state index in [0.29, 0.717) is 22.2 Å². The van der Waals surface area contributed by atoms with Crippen LogP contribution in [0.4, 0.5) is 0 Å². The molecule has 2 saturated heterocycles. The van der Waals surface area contributed by atoms with Crippen molar-refractivity contribution in [2.75, 3.05) is 12.4 Å². The van der Waals surface area contributed by atoms with Crippen molar-refractivity contribution >= 4 is 10.9 Å². The zero-order valence-corrected chi connectivity index (χ0v) is 13.9. The molecule has 2 aromatic rings. The highest BCUT2D eigenvalue weighted by atomic mass is 32.2. The van der Waals surface area contributed by atoms with E-state index in [-0.39, 0.29) is 0 Å². The normalized spacial score (nSPS) is 28.5. The fourth-order valence-corrected chi connectivity index (χ4v) is 5.98. The second kappa shape index (κ2) is 6.10. The Balaban J connectivity index is 1.77. The lowest BCUT2D eigenvalue weighted by Gasteiger charge is -2.19. The Hall–Kier alpha value is -1.25. The molecule has 2 aliphatic heterocycles. The van der Waals surface area contributed by atoms with E-state index in [9.17, 15) is 0 Å². The first-order valence-electron chi connectivity index (χ1n) is 8.28. The Labute approximate surface area is 136 Å². The molecule has 2 aliphatic rings. The molecule has 114 valence electrons. The molecule has 22 heavy (non-hydrogen) atoms. The third-order valence-corrected chi connectivity index (χ3v) is 7.58. The van der Waals surface area contributed by atoms with Gasteiger partial charge in [0.15, 0.2) is 16.3 Å². The van der Waals surface area contributed by atoms with Crippen molar-refractivity contribution < 1.29 is 4.74 Å². The number of ether oxygens (including phenoxy) is 1. The zero-order chi connectivity index (χ0) is 14.9. The van der Waals surface area contributed by atoms with Crippen LogP contribution in [0.2, 0.25) is 0 Å². The van der Waals surface area contributed by atoms with E-state index in [1.165, 1.54) is 35.3 Å². The smallest absolute Gasteiger partial charge is 0.169 e. The molecule has 4 atom stereocenters. The first kappa shape index (κ1) is 14.3. The Morgan fingerprint density at radius 1 is 1.05 bits per heavy atom. The maximum absolute atomic E-state index is 6.00. The van der Waals surface area contributed by atoms with E-state index in [2.05, 4.69) is 61.5 Å². The minimum atomic E-state index is 0.307. The molecule has 4 unspecified atom stereocenters. The summed E-state index contributed by atoms with van der Waals surface area (Å²) in [7, 11) is 0.484. The molecule has 0 N–H and O–H groups in total. The average Bonchev–Trinajstić information content (AvgIpc) is 3.05. The Morgan fingerprint density at radius 2 is 1.77 bits per heavy atom. The van der Waals surface area contributed by atoms with E-state index >= 15 is 0 Å². The van der Waals surface area contributed by atoms with Gasteiger partial charge in [0.2, 0.25) is 0 Å². The summed E-state index contributed by atoms with van der Waals surface area (Å²) >= 11 is 0. The van der Waals surface area contributed by atoms with Crippen molar-refractivity contribution in [2.45, 2.75) is 36.4 Å². The van der Waals surface area contributed by atoms with Crippen molar-refractivity contribution in [3.63, 3.8) is 0 Å². The van der Waals surface area contributed by atoms with Crippen LogP contribution in [0.3, 0.4) is 0 Å². The summed E-state index contributed by atoms with van der Waals surface area (Å²) in [6.45, 7) is 3.31. The number of benzene rings is 2. The molecule has 0 amide bonds. The van der Waals surface area contributed by atoms with Gasteiger partial charge < -0.3 is 4.74 Å². The van der Waals surface area contributed by atoms with Crippen LogP contribution in [0, 0.1) is 0 Å². The molecular formula is C20H23OS+. The maximum Gasteiger partial charge on any atom is 0.169 e. The summed E-state index contributed by atoms with van der Waals surface area (Å²) in [6.07, 6.45) is 2.67. The molecule has 0 aromatic heterocycles. The highest BCUT2D eigenvalue weighted by molar-refractivity contribution is 8.04. The molecule has 0 spiro atoms. The summed E-state index contributed by atoms with van der Waals surface area (Å²) in [4.78, 5) is 0. The molecule has 4 rings (SSSR count). The van der Waals surface area contributed by atoms with Crippen LogP contribution in [0.15, 0.2) is 54.6 Å². The number of rotatable bonds is 4. The van der Waals surface area contributed by atoms with Gasteiger partial charge in [0.25, 0.3) is 0 Å². The molecule has 2 fully saturated rings. The molecule has 2 aromatic carbocycles. The topological polar surface area (TPSA) is 9.23 Å². The largest absolute Gasteiger partial charge is 0.374 e. The average molecular weight is 311 g/mol. The first-order valence-corrected chi connectivity index (χ1v) is 9.80. The Kier molecular flexibility index (Phi) is 3.98. The van der Waals surface area contributed by atoms with Gasteiger partial charge in [0.1, 0.15) is 0 Å². The lowest BCUT2D eigenvalue weighted by molar-refractivity contribution is 0.111. The molecule has 0 saturated carbocycles. The van der Waals surface area contributed by atoms with E-state index in [1.807, 2.05) is 0 Å². The van der Waals surface area contributed by atoms with E-state index in [4.69, 9.17) is 4.74 Å². The molecular weight excluding hydrogens is 288 g/mol. The SMILES string of the molecule is CC1C[S+]1C(c1ccccc1)c1ccccc1C1CCCO1. The van der Waals surface area contributed by atoms with Crippen LogP contribution in [0.1, 0.15) is 47.8 Å². The van der Waals surface area contributed by atoms with Crippen molar-refractivity contribution in [3.05, 3.63) is 71.3 Å². The van der Waals surface area contributed by atoms with Gasteiger partial charge in [0.05, 0.1) is 6.10 Å². The van der Waals surface area contributed by atoms with Crippen LogP contribution in [-0.2, 0) is 15.6 Å². The van der Waals surface area contributed by atoms with E-state index < -0.39 is 0 Å². The van der Waals surface area contributed by atoms with Crippen LogP contribution in [-0.4, -0.2) is 17.6 Å². The van der Waals surface area contributed by atoms with Gasteiger partial charge in [-0.2, -0.15) is 0 Å². The molecule has 2 heterocycles. The molecule has 0 aliphatic carbocycles. The molecule has 0 bridgehead atoms.